The Balaban J connectivity index is 1.25. The predicted molar refractivity (Wildman–Crippen MR) is 129 cm³/mol. The lowest BCUT2D eigenvalue weighted by Crippen LogP contribution is -2.00. The van der Waals surface area contributed by atoms with Crippen LogP contribution in [0.25, 0.3) is 23.3 Å². The summed E-state index contributed by atoms with van der Waals surface area (Å²) in [6, 6.07) is 11.7. The van der Waals surface area contributed by atoms with E-state index in [0.29, 0.717) is 18.0 Å². The molecule has 0 saturated heterocycles. The van der Waals surface area contributed by atoms with Gasteiger partial charge in [-0.15, -0.1) is 11.8 Å². The van der Waals surface area contributed by atoms with Gasteiger partial charge in [-0.1, -0.05) is 35.9 Å². The number of nitrogens with zero attached hydrogens (tertiary/aromatic N) is 3. The summed E-state index contributed by atoms with van der Waals surface area (Å²) in [5.74, 6) is 0.682. The van der Waals surface area contributed by atoms with E-state index in [4.69, 9.17) is 16.3 Å². The van der Waals surface area contributed by atoms with Gasteiger partial charge in [0, 0.05) is 11.3 Å². The molecule has 166 valence electrons. The SMILES string of the molecule is O=C(/C=C/c1ccc(OCCSc2ncnc3nc[nH]c23)cc1)/C=C/c1c(F)cccc1Cl. The molecule has 0 fully saturated rings. The number of thioether (sulfide) groups is 1. The summed E-state index contributed by atoms with van der Waals surface area (Å²) in [5.41, 5.74) is 2.49. The summed E-state index contributed by atoms with van der Waals surface area (Å²) in [4.78, 5) is 27.6. The first-order valence-electron chi connectivity index (χ1n) is 9.94. The highest BCUT2D eigenvalue weighted by atomic mass is 35.5. The molecule has 0 aliphatic carbocycles. The molecule has 0 bridgehead atoms. The fourth-order valence-corrected chi connectivity index (χ4v) is 3.90. The topological polar surface area (TPSA) is 80.8 Å². The van der Waals surface area contributed by atoms with E-state index in [1.807, 2.05) is 24.3 Å². The molecular formula is C24H18ClFN4O2S. The lowest BCUT2D eigenvalue weighted by atomic mass is 10.1. The van der Waals surface area contributed by atoms with Crippen LogP contribution in [0.15, 0.2) is 72.3 Å². The van der Waals surface area contributed by atoms with Gasteiger partial charge >= 0.3 is 0 Å². The van der Waals surface area contributed by atoms with E-state index in [1.165, 1.54) is 36.7 Å². The first-order chi connectivity index (χ1) is 16.1. The number of nitrogens with one attached hydrogen (secondary N) is 1. The third-order valence-electron chi connectivity index (χ3n) is 4.51. The molecule has 2 aromatic carbocycles. The molecule has 0 saturated carbocycles. The number of ether oxygens (including phenoxy) is 1. The fourth-order valence-electron chi connectivity index (χ4n) is 2.89. The van der Waals surface area contributed by atoms with Gasteiger partial charge in [-0.3, -0.25) is 4.79 Å². The molecular weight excluding hydrogens is 463 g/mol. The van der Waals surface area contributed by atoms with Crippen LogP contribution in [-0.4, -0.2) is 38.1 Å². The second-order valence-corrected chi connectivity index (χ2v) is 8.24. The van der Waals surface area contributed by atoms with Crippen LogP contribution in [0.1, 0.15) is 11.1 Å². The van der Waals surface area contributed by atoms with Crippen LogP contribution in [0.3, 0.4) is 0 Å². The number of carbonyl (C=O) groups is 1. The fraction of sp³-hybridized carbons (Fsp3) is 0.0833. The van der Waals surface area contributed by atoms with Gasteiger partial charge < -0.3 is 9.72 Å². The largest absolute Gasteiger partial charge is 0.493 e. The molecule has 0 spiro atoms. The first kappa shape index (κ1) is 22.7. The minimum atomic E-state index is -0.476. The minimum absolute atomic E-state index is 0.189. The van der Waals surface area contributed by atoms with Crippen LogP contribution >= 0.6 is 23.4 Å². The Labute approximate surface area is 198 Å². The van der Waals surface area contributed by atoms with Crippen molar-refractivity contribution >= 4 is 52.5 Å². The Morgan fingerprint density at radius 1 is 1.09 bits per heavy atom. The maximum absolute atomic E-state index is 13.7. The Hall–Kier alpha value is -3.49. The Kier molecular flexibility index (Phi) is 7.49. The summed E-state index contributed by atoms with van der Waals surface area (Å²) in [5, 5.41) is 1.08. The zero-order valence-corrected chi connectivity index (χ0v) is 18.8. The number of carbonyl (C=O) groups excluding carboxylic acids is 1. The van der Waals surface area contributed by atoms with Crippen LogP contribution in [-0.2, 0) is 4.79 Å². The molecule has 1 N–H and O–H groups in total. The molecule has 0 aliphatic heterocycles. The van der Waals surface area contributed by atoms with Gasteiger partial charge in [-0.05, 0) is 48.1 Å². The average molecular weight is 481 g/mol. The molecule has 2 heterocycles. The van der Waals surface area contributed by atoms with Crippen molar-refractivity contribution in [2.75, 3.05) is 12.4 Å². The summed E-state index contributed by atoms with van der Waals surface area (Å²) < 4.78 is 19.5. The third-order valence-corrected chi connectivity index (χ3v) is 5.80. The second kappa shape index (κ2) is 10.9. The molecule has 9 heteroatoms. The van der Waals surface area contributed by atoms with Crippen LogP contribution in [0.5, 0.6) is 5.75 Å². The number of H-pyrrole nitrogens is 1. The standard InChI is InChI=1S/C24H18ClFN4O2S/c25-20-2-1-3-21(26)19(20)11-8-17(31)7-4-16-5-9-18(10-6-16)32-12-13-33-24-22-23(28-14-27-22)29-15-30-24/h1-11,14-15H,12-13H2,(H,27,28,29,30)/b7-4+,11-8+. The van der Waals surface area contributed by atoms with Gasteiger partial charge in [0.1, 0.15) is 28.4 Å². The number of fused-ring (bicyclic) bond motifs is 1. The van der Waals surface area contributed by atoms with E-state index in [2.05, 4.69) is 19.9 Å². The van der Waals surface area contributed by atoms with Gasteiger partial charge in [0.2, 0.25) is 0 Å². The molecule has 0 aliphatic rings. The zero-order chi connectivity index (χ0) is 23.0. The molecule has 0 amide bonds. The van der Waals surface area contributed by atoms with Crippen LogP contribution in [0, 0.1) is 5.82 Å². The molecule has 0 unspecified atom stereocenters. The maximum atomic E-state index is 13.7. The Morgan fingerprint density at radius 2 is 1.91 bits per heavy atom. The number of hydrogen-bond donors (Lipinski definition) is 1. The zero-order valence-electron chi connectivity index (χ0n) is 17.2. The number of aromatic nitrogens is 4. The number of hydrogen-bond acceptors (Lipinski definition) is 6. The van der Waals surface area contributed by atoms with E-state index in [-0.39, 0.29) is 16.4 Å². The van der Waals surface area contributed by atoms with Gasteiger partial charge in [0.15, 0.2) is 11.4 Å². The highest BCUT2D eigenvalue weighted by Gasteiger charge is 2.06. The monoisotopic (exact) mass is 480 g/mol. The molecule has 33 heavy (non-hydrogen) atoms. The van der Waals surface area contributed by atoms with E-state index in [1.54, 1.807) is 30.2 Å². The molecule has 6 nitrogen and oxygen atoms in total. The first-order valence-corrected chi connectivity index (χ1v) is 11.3. The quantitative estimate of drug-likeness (QED) is 0.145. The molecule has 0 radical (unpaired) electrons. The number of halogens is 2. The third kappa shape index (κ3) is 6.06. The molecule has 4 aromatic rings. The van der Waals surface area contributed by atoms with Gasteiger partial charge in [-0.2, -0.15) is 0 Å². The van der Waals surface area contributed by atoms with Crippen molar-refractivity contribution in [3.05, 3.63) is 89.2 Å². The maximum Gasteiger partial charge on any atom is 0.181 e. The number of imidazole rings is 1. The van der Waals surface area contributed by atoms with Crippen molar-refractivity contribution in [2.24, 2.45) is 0 Å². The van der Waals surface area contributed by atoms with Crippen molar-refractivity contribution in [1.82, 2.24) is 19.9 Å². The summed E-state index contributed by atoms with van der Waals surface area (Å²) in [6.07, 6.45) is 8.84. The number of aromatic amines is 1. The number of ketones is 1. The van der Waals surface area contributed by atoms with Gasteiger partial charge in [0.25, 0.3) is 0 Å². The molecule has 4 rings (SSSR count). The lowest BCUT2D eigenvalue weighted by molar-refractivity contribution is -0.110. The van der Waals surface area contributed by atoms with Crippen molar-refractivity contribution in [1.29, 1.82) is 0 Å². The summed E-state index contributed by atoms with van der Waals surface area (Å²) in [7, 11) is 0. The van der Waals surface area contributed by atoms with Gasteiger partial charge in [-0.25, -0.2) is 19.3 Å². The van der Waals surface area contributed by atoms with Crippen molar-refractivity contribution in [3.63, 3.8) is 0 Å². The van der Waals surface area contributed by atoms with Crippen LogP contribution in [0.4, 0.5) is 4.39 Å². The van der Waals surface area contributed by atoms with Gasteiger partial charge in [0.05, 0.1) is 18.0 Å². The van der Waals surface area contributed by atoms with E-state index in [0.717, 1.165) is 21.9 Å². The van der Waals surface area contributed by atoms with Crippen LogP contribution in [0.2, 0.25) is 5.02 Å². The van der Waals surface area contributed by atoms with Crippen molar-refractivity contribution in [3.8, 4) is 5.75 Å². The highest BCUT2D eigenvalue weighted by molar-refractivity contribution is 7.99. The van der Waals surface area contributed by atoms with E-state index < -0.39 is 5.82 Å². The Morgan fingerprint density at radius 3 is 2.73 bits per heavy atom. The molecule has 2 aromatic heterocycles. The summed E-state index contributed by atoms with van der Waals surface area (Å²) >= 11 is 7.51. The van der Waals surface area contributed by atoms with Crippen molar-refractivity contribution < 1.29 is 13.9 Å². The number of rotatable bonds is 9. The minimum Gasteiger partial charge on any atom is -0.493 e. The molecule has 0 atom stereocenters. The van der Waals surface area contributed by atoms with E-state index >= 15 is 0 Å². The average Bonchev–Trinajstić information content (AvgIpc) is 3.31. The van der Waals surface area contributed by atoms with Crippen LogP contribution < -0.4 is 4.74 Å². The number of allylic oxidation sites excluding steroid dienone is 2. The summed E-state index contributed by atoms with van der Waals surface area (Å²) in [6.45, 7) is 0.501. The normalized spacial score (nSPS) is 11.6. The number of benzene rings is 2. The lowest BCUT2D eigenvalue weighted by Gasteiger charge is -2.06. The Bertz CT molecular complexity index is 1300. The van der Waals surface area contributed by atoms with Crippen molar-refractivity contribution in [2.45, 2.75) is 5.03 Å². The highest BCUT2D eigenvalue weighted by Crippen LogP contribution is 2.22. The predicted octanol–water partition coefficient (Wildman–Crippen LogP) is 5.61. The van der Waals surface area contributed by atoms with E-state index in [9.17, 15) is 9.18 Å². The second-order valence-electron chi connectivity index (χ2n) is 6.75. The smallest absolute Gasteiger partial charge is 0.181 e.